The van der Waals surface area contributed by atoms with Crippen LogP contribution in [0.5, 0.6) is 0 Å². The molecule has 25 heavy (non-hydrogen) atoms. The number of carbonyl (C=O) groups is 1. The van der Waals surface area contributed by atoms with Gasteiger partial charge in [0.1, 0.15) is 0 Å². The molecule has 0 saturated carbocycles. The van der Waals surface area contributed by atoms with Gasteiger partial charge in [-0.2, -0.15) is 17.5 Å². The first-order chi connectivity index (χ1) is 11.4. The lowest BCUT2D eigenvalue weighted by Crippen LogP contribution is -2.53. The Labute approximate surface area is 142 Å². The Balaban J connectivity index is 2.16. The second-order valence-corrected chi connectivity index (χ2v) is 7.92. The molecule has 8 nitrogen and oxygen atoms in total. The SMILES string of the molecule is Cn1ccnc1[C@](O)(CC(=O)N1CCN(S(C)(=O)=O)CC1)C(F)(F)F. The van der Waals surface area contributed by atoms with E-state index in [0.29, 0.717) is 0 Å². The fourth-order valence-corrected chi connectivity index (χ4v) is 3.50. The van der Waals surface area contributed by atoms with Gasteiger partial charge in [-0.15, -0.1) is 0 Å². The Bertz CT molecular complexity index is 741. The highest BCUT2D eigenvalue weighted by molar-refractivity contribution is 7.88. The topological polar surface area (TPSA) is 95.7 Å². The molecule has 1 atom stereocenters. The molecule has 142 valence electrons. The van der Waals surface area contributed by atoms with Gasteiger partial charge in [0.25, 0.3) is 0 Å². The van der Waals surface area contributed by atoms with Gasteiger partial charge in [0, 0.05) is 45.6 Å². The van der Waals surface area contributed by atoms with Crippen LogP contribution in [0.25, 0.3) is 0 Å². The number of rotatable bonds is 4. The van der Waals surface area contributed by atoms with Crippen molar-refractivity contribution in [2.45, 2.75) is 18.2 Å². The van der Waals surface area contributed by atoms with Crippen LogP contribution in [0.2, 0.25) is 0 Å². The van der Waals surface area contributed by atoms with E-state index < -0.39 is 40.0 Å². The summed E-state index contributed by atoms with van der Waals surface area (Å²) in [6.45, 7) is -0.0876. The van der Waals surface area contributed by atoms with Crippen LogP contribution in [0.3, 0.4) is 0 Å². The van der Waals surface area contributed by atoms with Crippen molar-refractivity contribution in [1.29, 1.82) is 0 Å². The normalized spacial score (nSPS) is 19.7. The van der Waals surface area contributed by atoms with Crippen LogP contribution in [-0.4, -0.2) is 76.8 Å². The molecule has 0 radical (unpaired) electrons. The van der Waals surface area contributed by atoms with Crippen molar-refractivity contribution in [2.75, 3.05) is 32.4 Å². The van der Waals surface area contributed by atoms with E-state index in [-0.39, 0.29) is 26.2 Å². The number of amides is 1. The molecule has 0 unspecified atom stereocenters. The summed E-state index contributed by atoms with van der Waals surface area (Å²) >= 11 is 0. The van der Waals surface area contributed by atoms with Crippen molar-refractivity contribution in [3.05, 3.63) is 18.2 Å². The zero-order valence-corrected chi connectivity index (χ0v) is 14.5. The predicted molar refractivity (Wildman–Crippen MR) is 80.8 cm³/mol. The van der Waals surface area contributed by atoms with Crippen molar-refractivity contribution >= 4 is 15.9 Å². The third kappa shape index (κ3) is 3.96. The molecule has 0 aromatic carbocycles. The lowest BCUT2D eigenvalue weighted by molar-refractivity contribution is -0.272. The average molecular weight is 384 g/mol. The van der Waals surface area contributed by atoms with Gasteiger partial charge in [0.15, 0.2) is 5.82 Å². The van der Waals surface area contributed by atoms with Crippen molar-refractivity contribution in [2.24, 2.45) is 7.05 Å². The fourth-order valence-electron chi connectivity index (χ4n) is 2.67. The Hall–Kier alpha value is -1.66. The first-order valence-corrected chi connectivity index (χ1v) is 9.21. The van der Waals surface area contributed by atoms with Gasteiger partial charge in [0.2, 0.25) is 21.5 Å². The molecule has 1 fully saturated rings. The number of carbonyl (C=O) groups excluding carboxylic acids is 1. The first kappa shape index (κ1) is 19.7. The van der Waals surface area contributed by atoms with Gasteiger partial charge >= 0.3 is 6.18 Å². The van der Waals surface area contributed by atoms with E-state index >= 15 is 0 Å². The summed E-state index contributed by atoms with van der Waals surface area (Å²) in [6, 6.07) is 0. The van der Waals surface area contributed by atoms with Gasteiger partial charge in [-0.3, -0.25) is 4.79 Å². The maximum Gasteiger partial charge on any atom is 0.425 e. The van der Waals surface area contributed by atoms with Crippen LogP contribution in [0.4, 0.5) is 13.2 Å². The number of nitrogens with zero attached hydrogens (tertiary/aromatic N) is 4. The molecule has 1 N–H and O–H groups in total. The summed E-state index contributed by atoms with van der Waals surface area (Å²) in [4.78, 5) is 16.9. The number of sulfonamides is 1. The minimum atomic E-state index is -5.10. The quantitative estimate of drug-likeness (QED) is 0.767. The number of halogens is 3. The second kappa shape index (κ2) is 6.57. The van der Waals surface area contributed by atoms with Crippen LogP contribution in [0, 0.1) is 0 Å². The zero-order chi connectivity index (χ0) is 19.0. The Morgan fingerprint density at radius 2 is 1.84 bits per heavy atom. The third-order valence-electron chi connectivity index (χ3n) is 4.13. The Morgan fingerprint density at radius 1 is 1.28 bits per heavy atom. The van der Waals surface area contributed by atoms with Gasteiger partial charge in [0.05, 0.1) is 12.7 Å². The molecule has 12 heteroatoms. The van der Waals surface area contributed by atoms with Crippen LogP contribution in [0.15, 0.2) is 12.4 Å². The number of hydrogen-bond acceptors (Lipinski definition) is 5. The van der Waals surface area contributed by atoms with Gasteiger partial charge < -0.3 is 14.6 Å². The molecule has 0 bridgehead atoms. The molecule has 0 spiro atoms. The number of alkyl halides is 3. The lowest BCUT2D eigenvalue weighted by Gasteiger charge is -2.36. The summed E-state index contributed by atoms with van der Waals surface area (Å²) in [6.07, 6.45) is -2.96. The van der Waals surface area contributed by atoms with E-state index in [4.69, 9.17) is 0 Å². The first-order valence-electron chi connectivity index (χ1n) is 7.36. The summed E-state index contributed by atoms with van der Waals surface area (Å²) in [5.41, 5.74) is -3.42. The van der Waals surface area contributed by atoms with Crippen molar-refractivity contribution in [1.82, 2.24) is 18.8 Å². The van der Waals surface area contributed by atoms with Crippen LogP contribution in [-0.2, 0) is 27.5 Å². The molecular weight excluding hydrogens is 365 g/mol. The Kier molecular flexibility index (Phi) is 5.17. The standard InChI is InChI=1S/C13H19F3N4O4S/c1-18-4-3-17-11(18)12(22,13(14,15)16)9-10(21)19-5-7-20(8-6-19)25(2,23)24/h3-4,22H,5-9H2,1-2H3/t12-/m1/s1. The van der Waals surface area contributed by atoms with E-state index in [9.17, 15) is 31.5 Å². The number of aliphatic hydroxyl groups is 1. The number of aryl methyl sites for hydroxylation is 1. The minimum absolute atomic E-state index is 0.00256. The molecule has 1 aromatic heterocycles. The van der Waals surface area contributed by atoms with Crippen molar-refractivity contribution in [3.63, 3.8) is 0 Å². The van der Waals surface area contributed by atoms with Gasteiger partial charge in [-0.05, 0) is 0 Å². The van der Waals surface area contributed by atoms with Crippen LogP contribution >= 0.6 is 0 Å². The molecular formula is C13H19F3N4O4S. The summed E-state index contributed by atoms with van der Waals surface area (Å²) < 4.78 is 65.3. The third-order valence-corrected chi connectivity index (χ3v) is 5.43. The fraction of sp³-hybridized carbons (Fsp3) is 0.692. The molecule has 2 heterocycles. The van der Waals surface area contributed by atoms with E-state index in [0.717, 1.165) is 26.2 Å². The zero-order valence-electron chi connectivity index (χ0n) is 13.7. The number of piperazine rings is 1. The van der Waals surface area contributed by atoms with Crippen LogP contribution in [0.1, 0.15) is 12.2 Å². The molecule has 2 rings (SSSR count). The molecule has 1 aromatic rings. The highest BCUT2D eigenvalue weighted by atomic mass is 32.2. The van der Waals surface area contributed by atoms with Crippen molar-refractivity contribution in [3.8, 4) is 0 Å². The largest absolute Gasteiger partial charge is 0.425 e. The highest BCUT2D eigenvalue weighted by Gasteiger charge is 2.59. The molecule has 1 amide bonds. The molecule has 1 saturated heterocycles. The monoisotopic (exact) mass is 384 g/mol. The van der Waals surface area contributed by atoms with Crippen LogP contribution < -0.4 is 0 Å². The van der Waals surface area contributed by atoms with Gasteiger partial charge in [-0.25, -0.2) is 13.4 Å². The molecule has 1 aliphatic rings. The van der Waals surface area contributed by atoms with E-state index in [1.807, 2.05) is 0 Å². The second-order valence-electron chi connectivity index (χ2n) is 5.94. The molecule has 1 aliphatic heterocycles. The van der Waals surface area contributed by atoms with E-state index in [2.05, 4.69) is 4.98 Å². The highest BCUT2D eigenvalue weighted by Crippen LogP contribution is 2.41. The summed E-state index contributed by atoms with van der Waals surface area (Å²) in [5, 5.41) is 10.2. The van der Waals surface area contributed by atoms with E-state index in [1.165, 1.54) is 13.2 Å². The van der Waals surface area contributed by atoms with E-state index in [1.54, 1.807) is 0 Å². The average Bonchev–Trinajstić information content (AvgIpc) is 2.92. The number of hydrogen-bond donors (Lipinski definition) is 1. The predicted octanol–water partition coefficient (Wildman–Crippen LogP) is -0.336. The number of aromatic nitrogens is 2. The van der Waals surface area contributed by atoms with Crippen molar-refractivity contribution < 1.29 is 31.5 Å². The maximum atomic E-state index is 13.4. The minimum Gasteiger partial charge on any atom is -0.374 e. The smallest absolute Gasteiger partial charge is 0.374 e. The van der Waals surface area contributed by atoms with Gasteiger partial charge in [-0.1, -0.05) is 0 Å². The Morgan fingerprint density at radius 3 is 2.24 bits per heavy atom. The number of imidazole rings is 1. The molecule has 0 aliphatic carbocycles. The summed E-state index contributed by atoms with van der Waals surface area (Å²) in [7, 11) is -2.14. The maximum absolute atomic E-state index is 13.4. The summed E-state index contributed by atoms with van der Waals surface area (Å²) in [5.74, 6) is -1.60. The lowest BCUT2D eigenvalue weighted by atomic mass is 9.96.